The maximum absolute atomic E-state index is 9.15. The topological polar surface area (TPSA) is 26.7 Å². The number of hydrogen-bond donors (Lipinski definition) is 1. The van der Waals surface area contributed by atoms with Crippen molar-refractivity contribution in [2.45, 2.75) is 45.2 Å². The first-order valence-electron chi connectivity index (χ1n) is 6.79. The van der Waals surface area contributed by atoms with E-state index in [0.717, 1.165) is 18.9 Å². The van der Waals surface area contributed by atoms with Gasteiger partial charge in [-0.3, -0.25) is 4.90 Å². The van der Waals surface area contributed by atoms with E-state index in [9.17, 15) is 0 Å². The molecule has 3 heteroatoms. The van der Waals surface area contributed by atoms with Gasteiger partial charge in [-0.2, -0.15) is 0 Å². The molecule has 0 spiro atoms. The Hall–Kier alpha value is -0.120. The highest BCUT2D eigenvalue weighted by Crippen LogP contribution is 2.30. The molecule has 1 heterocycles. The van der Waals surface area contributed by atoms with Crippen LogP contribution in [0.1, 0.15) is 33.1 Å². The minimum absolute atomic E-state index is 0.325. The fourth-order valence-electron chi connectivity index (χ4n) is 2.85. The van der Waals surface area contributed by atoms with Gasteiger partial charge in [0.2, 0.25) is 0 Å². The molecule has 1 N–H and O–H groups in total. The molecule has 2 fully saturated rings. The van der Waals surface area contributed by atoms with Gasteiger partial charge in [0.1, 0.15) is 0 Å². The monoisotopic (exact) mass is 226 g/mol. The number of nitrogens with zero attached hydrogens (tertiary/aromatic N) is 2. The first kappa shape index (κ1) is 12.3. The predicted molar refractivity (Wildman–Crippen MR) is 66.5 cm³/mol. The lowest BCUT2D eigenvalue weighted by Gasteiger charge is -2.43. The molecule has 0 aromatic heterocycles. The summed E-state index contributed by atoms with van der Waals surface area (Å²) in [6.07, 6.45) is 3.81. The molecule has 16 heavy (non-hydrogen) atoms. The van der Waals surface area contributed by atoms with Crippen molar-refractivity contribution in [2.75, 3.05) is 32.8 Å². The SMILES string of the molecule is CC(C)N1CCN(CC2CC2)CC1CCO. The summed E-state index contributed by atoms with van der Waals surface area (Å²) < 4.78 is 0. The summed E-state index contributed by atoms with van der Waals surface area (Å²) in [5.41, 5.74) is 0. The van der Waals surface area contributed by atoms with Gasteiger partial charge in [0, 0.05) is 44.9 Å². The van der Waals surface area contributed by atoms with Gasteiger partial charge < -0.3 is 10.0 Å². The van der Waals surface area contributed by atoms with E-state index in [2.05, 4.69) is 23.6 Å². The molecule has 0 amide bonds. The Morgan fingerprint density at radius 3 is 2.56 bits per heavy atom. The minimum atomic E-state index is 0.325. The van der Waals surface area contributed by atoms with E-state index in [4.69, 9.17) is 5.11 Å². The van der Waals surface area contributed by atoms with Crippen LogP contribution >= 0.6 is 0 Å². The molecule has 0 bridgehead atoms. The van der Waals surface area contributed by atoms with E-state index in [-0.39, 0.29) is 0 Å². The lowest BCUT2D eigenvalue weighted by atomic mass is 10.1. The maximum atomic E-state index is 9.15. The van der Waals surface area contributed by atoms with Crippen molar-refractivity contribution in [1.29, 1.82) is 0 Å². The van der Waals surface area contributed by atoms with Crippen LogP contribution in [0.25, 0.3) is 0 Å². The Morgan fingerprint density at radius 1 is 1.25 bits per heavy atom. The van der Waals surface area contributed by atoms with Crippen molar-refractivity contribution in [3.05, 3.63) is 0 Å². The molecule has 2 rings (SSSR count). The van der Waals surface area contributed by atoms with Crippen LogP contribution in [0.3, 0.4) is 0 Å². The number of aliphatic hydroxyl groups is 1. The van der Waals surface area contributed by atoms with Crippen molar-refractivity contribution < 1.29 is 5.11 Å². The zero-order chi connectivity index (χ0) is 11.5. The summed E-state index contributed by atoms with van der Waals surface area (Å²) in [6.45, 7) is 9.71. The van der Waals surface area contributed by atoms with Gasteiger partial charge >= 0.3 is 0 Å². The fourth-order valence-corrected chi connectivity index (χ4v) is 2.85. The normalized spacial score (nSPS) is 28.9. The van der Waals surface area contributed by atoms with E-state index < -0.39 is 0 Å². The molecular weight excluding hydrogens is 200 g/mol. The molecule has 1 aliphatic heterocycles. The van der Waals surface area contributed by atoms with Gasteiger partial charge in [0.15, 0.2) is 0 Å². The van der Waals surface area contributed by atoms with Crippen molar-refractivity contribution in [3.63, 3.8) is 0 Å². The Morgan fingerprint density at radius 2 is 2.00 bits per heavy atom. The van der Waals surface area contributed by atoms with Crippen LogP contribution in [-0.2, 0) is 0 Å². The smallest absolute Gasteiger partial charge is 0.0446 e. The molecular formula is C13H26N2O. The summed E-state index contributed by atoms with van der Waals surface area (Å²) in [7, 11) is 0. The van der Waals surface area contributed by atoms with Crippen molar-refractivity contribution in [2.24, 2.45) is 5.92 Å². The van der Waals surface area contributed by atoms with E-state index in [1.807, 2.05) is 0 Å². The molecule has 2 aliphatic rings. The summed E-state index contributed by atoms with van der Waals surface area (Å²) in [6, 6.07) is 1.18. The van der Waals surface area contributed by atoms with Crippen molar-refractivity contribution in [3.8, 4) is 0 Å². The second-order valence-electron chi connectivity index (χ2n) is 5.70. The van der Waals surface area contributed by atoms with E-state index in [1.54, 1.807) is 0 Å². The second kappa shape index (κ2) is 5.48. The largest absolute Gasteiger partial charge is 0.396 e. The number of aliphatic hydroxyl groups excluding tert-OH is 1. The van der Waals surface area contributed by atoms with Crippen LogP contribution in [-0.4, -0.2) is 59.8 Å². The number of rotatable bonds is 5. The van der Waals surface area contributed by atoms with Crippen LogP contribution in [0.5, 0.6) is 0 Å². The Labute approximate surface area is 99.4 Å². The van der Waals surface area contributed by atoms with Crippen LogP contribution < -0.4 is 0 Å². The van der Waals surface area contributed by atoms with E-state index >= 15 is 0 Å². The van der Waals surface area contributed by atoms with E-state index in [0.29, 0.717) is 18.7 Å². The zero-order valence-corrected chi connectivity index (χ0v) is 10.7. The van der Waals surface area contributed by atoms with Crippen molar-refractivity contribution >= 4 is 0 Å². The Bertz CT molecular complexity index is 216. The molecule has 0 aromatic carbocycles. The van der Waals surface area contributed by atoms with Crippen LogP contribution in [0.15, 0.2) is 0 Å². The third kappa shape index (κ3) is 3.19. The van der Waals surface area contributed by atoms with Gasteiger partial charge in [-0.1, -0.05) is 0 Å². The zero-order valence-electron chi connectivity index (χ0n) is 10.7. The van der Waals surface area contributed by atoms with E-state index in [1.165, 1.54) is 32.5 Å². The number of hydrogen-bond acceptors (Lipinski definition) is 3. The standard InChI is InChI=1S/C13H26N2O/c1-11(2)15-7-6-14(9-12-3-4-12)10-13(15)5-8-16/h11-13,16H,3-10H2,1-2H3. The molecule has 0 radical (unpaired) electrons. The Kier molecular flexibility index (Phi) is 4.22. The number of piperazine rings is 1. The van der Waals surface area contributed by atoms with Crippen LogP contribution in [0.2, 0.25) is 0 Å². The Balaban J connectivity index is 1.85. The van der Waals surface area contributed by atoms with Gasteiger partial charge in [0.05, 0.1) is 0 Å². The highest BCUT2D eigenvalue weighted by molar-refractivity contribution is 4.86. The molecule has 0 aromatic rings. The molecule has 1 atom stereocenters. The lowest BCUT2D eigenvalue weighted by Crippen LogP contribution is -2.55. The molecule has 3 nitrogen and oxygen atoms in total. The second-order valence-corrected chi connectivity index (χ2v) is 5.70. The highest BCUT2D eigenvalue weighted by Gasteiger charge is 2.31. The van der Waals surface area contributed by atoms with Gasteiger partial charge in [0.25, 0.3) is 0 Å². The average molecular weight is 226 g/mol. The van der Waals surface area contributed by atoms with Gasteiger partial charge in [-0.05, 0) is 39.0 Å². The predicted octanol–water partition coefficient (Wildman–Crippen LogP) is 1.17. The molecule has 94 valence electrons. The average Bonchev–Trinajstić information content (AvgIpc) is 3.02. The highest BCUT2D eigenvalue weighted by atomic mass is 16.3. The van der Waals surface area contributed by atoms with Gasteiger partial charge in [-0.25, -0.2) is 0 Å². The first-order valence-corrected chi connectivity index (χ1v) is 6.79. The summed E-state index contributed by atoms with van der Waals surface area (Å²) >= 11 is 0. The maximum Gasteiger partial charge on any atom is 0.0446 e. The summed E-state index contributed by atoms with van der Waals surface area (Å²) in [5, 5.41) is 9.15. The summed E-state index contributed by atoms with van der Waals surface area (Å²) in [5.74, 6) is 0.986. The minimum Gasteiger partial charge on any atom is -0.396 e. The quantitative estimate of drug-likeness (QED) is 0.762. The fraction of sp³-hybridized carbons (Fsp3) is 1.00. The summed E-state index contributed by atoms with van der Waals surface area (Å²) in [4.78, 5) is 5.16. The third-order valence-corrected chi connectivity index (χ3v) is 3.95. The molecule has 1 saturated carbocycles. The van der Waals surface area contributed by atoms with Gasteiger partial charge in [-0.15, -0.1) is 0 Å². The molecule has 1 saturated heterocycles. The molecule has 1 unspecified atom stereocenters. The first-order chi connectivity index (χ1) is 7.70. The lowest BCUT2D eigenvalue weighted by molar-refractivity contribution is 0.0364. The van der Waals surface area contributed by atoms with Crippen LogP contribution in [0.4, 0.5) is 0 Å². The van der Waals surface area contributed by atoms with Crippen molar-refractivity contribution in [1.82, 2.24) is 9.80 Å². The third-order valence-electron chi connectivity index (χ3n) is 3.95. The van der Waals surface area contributed by atoms with Crippen LogP contribution in [0, 0.1) is 5.92 Å². The molecule has 1 aliphatic carbocycles.